The van der Waals surface area contributed by atoms with E-state index >= 15 is 0 Å². The molecule has 0 saturated heterocycles. The minimum atomic E-state index is -4.50. The second-order valence-electron chi connectivity index (χ2n) is 4.22. The molecule has 20 heavy (non-hydrogen) atoms. The minimum absolute atomic E-state index is 0.301. The predicted octanol–water partition coefficient (Wildman–Crippen LogP) is 3.63. The number of hydrogen-bond acceptors (Lipinski definition) is 2. The first-order valence-electron chi connectivity index (χ1n) is 5.70. The molecule has 2 aromatic heterocycles. The van der Waals surface area contributed by atoms with Crippen LogP contribution in [0.2, 0.25) is 0 Å². The maximum Gasteiger partial charge on any atom is 0.433 e. The van der Waals surface area contributed by atoms with Crippen LogP contribution < -0.4 is 5.56 Å². The van der Waals surface area contributed by atoms with Crippen LogP contribution in [0.1, 0.15) is 24.2 Å². The molecule has 0 spiro atoms. The van der Waals surface area contributed by atoms with Crippen LogP contribution in [-0.2, 0) is 6.18 Å². The summed E-state index contributed by atoms with van der Waals surface area (Å²) < 4.78 is 39.6. The molecule has 2 rings (SSSR count). The highest BCUT2D eigenvalue weighted by Gasteiger charge is 2.32. The van der Waals surface area contributed by atoms with Crippen LogP contribution in [0.5, 0.6) is 0 Å². The Morgan fingerprint density at radius 1 is 1.35 bits per heavy atom. The molecule has 0 aromatic carbocycles. The van der Waals surface area contributed by atoms with Crippen molar-refractivity contribution in [3.8, 4) is 0 Å². The maximum absolute atomic E-state index is 12.6. The molecule has 0 N–H and O–H groups in total. The summed E-state index contributed by atoms with van der Waals surface area (Å²) in [5, 5.41) is 0. The Hall–Kier alpha value is -1.63. The highest BCUT2D eigenvalue weighted by atomic mass is 79.9. The molecule has 0 fully saturated rings. The first kappa shape index (κ1) is 14.8. The summed E-state index contributed by atoms with van der Waals surface area (Å²) in [6.45, 7) is 1.66. The Morgan fingerprint density at radius 2 is 2.05 bits per heavy atom. The smallest absolute Gasteiger partial charge is 0.307 e. The van der Waals surface area contributed by atoms with Gasteiger partial charge in [-0.1, -0.05) is 0 Å². The summed E-state index contributed by atoms with van der Waals surface area (Å²) in [6, 6.07) is 5.13. The van der Waals surface area contributed by atoms with E-state index in [4.69, 9.17) is 0 Å². The summed E-state index contributed by atoms with van der Waals surface area (Å²) in [6.07, 6.45) is -1.87. The van der Waals surface area contributed by atoms with E-state index in [2.05, 4.69) is 20.9 Å². The van der Waals surface area contributed by atoms with Crippen LogP contribution in [0.15, 0.2) is 45.9 Å². The second kappa shape index (κ2) is 5.40. The second-order valence-corrected chi connectivity index (χ2v) is 5.07. The lowest BCUT2D eigenvalue weighted by atomic mass is 10.1. The van der Waals surface area contributed by atoms with Crippen molar-refractivity contribution in [2.24, 2.45) is 0 Å². The first-order valence-corrected chi connectivity index (χ1v) is 6.50. The van der Waals surface area contributed by atoms with Crippen molar-refractivity contribution in [1.82, 2.24) is 9.55 Å². The van der Waals surface area contributed by atoms with Crippen molar-refractivity contribution in [2.45, 2.75) is 19.1 Å². The minimum Gasteiger partial charge on any atom is -0.307 e. The monoisotopic (exact) mass is 346 g/mol. The van der Waals surface area contributed by atoms with Gasteiger partial charge in [-0.3, -0.25) is 9.78 Å². The lowest BCUT2D eigenvalue weighted by Crippen LogP contribution is -2.24. The van der Waals surface area contributed by atoms with Crippen LogP contribution >= 0.6 is 15.9 Å². The number of nitrogens with zero attached hydrogens (tertiary/aromatic N) is 2. The Labute approximate surface area is 121 Å². The van der Waals surface area contributed by atoms with Gasteiger partial charge in [0.2, 0.25) is 0 Å². The zero-order valence-electron chi connectivity index (χ0n) is 10.4. The maximum atomic E-state index is 12.6. The average Bonchev–Trinajstić information content (AvgIpc) is 2.40. The zero-order valence-corrected chi connectivity index (χ0v) is 11.9. The van der Waals surface area contributed by atoms with Crippen molar-refractivity contribution in [1.29, 1.82) is 0 Å². The fourth-order valence-corrected chi connectivity index (χ4v) is 2.17. The molecule has 0 radical (unpaired) electrons. The van der Waals surface area contributed by atoms with Crippen LogP contribution in [0.4, 0.5) is 13.2 Å². The van der Waals surface area contributed by atoms with E-state index in [9.17, 15) is 18.0 Å². The van der Waals surface area contributed by atoms with Gasteiger partial charge in [-0.25, -0.2) is 0 Å². The number of alkyl halides is 3. The number of hydrogen-bond donors (Lipinski definition) is 0. The van der Waals surface area contributed by atoms with Crippen molar-refractivity contribution < 1.29 is 13.2 Å². The van der Waals surface area contributed by atoms with Gasteiger partial charge in [0.25, 0.3) is 5.56 Å². The van der Waals surface area contributed by atoms with E-state index in [0.717, 1.165) is 12.3 Å². The van der Waals surface area contributed by atoms with E-state index in [1.165, 1.54) is 16.8 Å². The summed E-state index contributed by atoms with van der Waals surface area (Å²) in [5.74, 6) is 0. The van der Waals surface area contributed by atoms with Crippen molar-refractivity contribution in [2.75, 3.05) is 0 Å². The topological polar surface area (TPSA) is 34.9 Å². The lowest BCUT2D eigenvalue weighted by Gasteiger charge is -2.17. The molecule has 3 nitrogen and oxygen atoms in total. The van der Waals surface area contributed by atoms with E-state index in [0.29, 0.717) is 10.0 Å². The van der Waals surface area contributed by atoms with Crippen LogP contribution in [0.3, 0.4) is 0 Å². The molecule has 0 saturated carbocycles. The standard InChI is InChI=1S/C13H10BrF3N2O/c1-8(19-6-2-3-10(14)12(19)20)9-4-5-18-11(7-9)13(15,16)17/h2-8H,1H3. The van der Waals surface area contributed by atoms with E-state index in [-0.39, 0.29) is 5.56 Å². The third-order valence-corrected chi connectivity index (χ3v) is 3.51. The molecule has 106 valence electrons. The summed E-state index contributed by atoms with van der Waals surface area (Å²) in [7, 11) is 0. The van der Waals surface area contributed by atoms with E-state index in [1.54, 1.807) is 19.1 Å². The Bertz CT molecular complexity index is 682. The van der Waals surface area contributed by atoms with Crippen LogP contribution in [0, 0.1) is 0 Å². The number of aromatic nitrogens is 2. The van der Waals surface area contributed by atoms with Gasteiger partial charge in [0.1, 0.15) is 5.69 Å². The first-order chi connectivity index (χ1) is 9.30. The van der Waals surface area contributed by atoms with Gasteiger partial charge in [-0.05, 0) is 52.7 Å². The molecular weight excluding hydrogens is 337 g/mol. The summed E-state index contributed by atoms with van der Waals surface area (Å²) >= 11 is 3.11. The summed E-state index contributed by atoms with van der Waals surface area (Å²) in [4.78, 5) is 15.2. The Kier molecular flexibility index (Phi) is 3.99. The van der Waals surface area contributed by atoms with Crippen LogP contribution in [0.25, 0.3) is 0 Å². The molecule has 0 aliphatic carbocycles. The lowest BCUT2D eigenvalue weighted by molar-refractivity contribution is -0.141. The van der Waals surface area contributed by atoms with Crippen molar-refractivity contribution in [3.05, 3.63) is 62.7 Å². The normalized spacial score (nSPS) is 13.2. The van der Waals surface area contributed by atoms with E-state index < -0.39 is 17.9 Å². The van der Waals surface area contributed by atoms with Crippen molar-refractivity contribution in [3.63, 3.8) is 0 Å². The van der Waals surface area contributed by atoms with Gasteiger partial charge in [-0.2, -0.15) is 13.2 Å². The third-order valence-electron chi connectivity index (χ3n) is 2.90. The zero-order chi connectivity index (χ0) is 14.9. The molecular formula is C13H10BrF3N2O. The molecule has 1 atom stereocenters. The molecule has 0 aliphatic rings. The fraction of sp³-hybridized carbons (Fsp3) is 0.231. The highest BCUT2D eigenvalue weighted by Crippen LogP contribution is 2.29. The highest BCUT2D eigenvalue weighted by molar-refractivity contribution is 9.10. The Balaban J connectivity index is 2.46. The number of rotatable bonds is 2. The molecule has 7 heteroatoms. The number of pyridine rings is 2. The van der Waals surface area contributed by atoms with Gasteiger partial charge in [0, 0.05) is 12.4 Å². The molecule has 1 unspecified atom stereocenters. The molecule has 0 aliphatic heterocycles. The largest absolute Gasteiger partial charge is 0.433 e. The molecule has 2 aromatic rings. The number of halogens is 4. The molecule has 0 amide bonds. The van der Waals surface area contributed by atoms with Gasteiger partial charge in [0.05, 0.1) is 10.5 Å². The third kappa shape index (κ3) is 2.92. The van der Waals surface area contributed by atoms with Gasteiger partial charge in [-0.15, -0.1) is 0 Å². The average molecular weight is 347 g/mol. The van der Waals surface area contributed by atoms with Crippen LogP contribution in [-0.4, -0.2) is 9.55 Å². The van der Waals surface area contributed by atoms with Gasteiger partial charge in [0.15, 0.2) is 0 Å². The van der Waals surface area contributed by atoms with Crippen molar-refractivity contribution >= 4 is 15.9 Å². The Morgan fingerprint density at radius 3 is 2.70 bits per heavy atom. The predicted molar refractivity (Wildman–Crippen MR) is 71.5 cm³/mol. The molecule has 0 bridgehead atoms. The fourth-order valence-electron chi connectivity index (χ4n) is 1.81. The SMILES string of the molecule is CC(c1ccnc(C(F)(F)F)c1)n1cccc(Br)c1=O. The quantitative estimate of drug-likeness (QED) is 0.832. The summed E-state index contributed by atoms with van der Waals surface area (Å²) in [5.41, 5.74) is -0.900. The van der Waals surface area contributed by atoms with E-state index in [1.807, 2.05) is 0 Å². The molecule has 2 heterocycles. The van der Waals surface area contributed by atoms with Gasteiger partial charge < -0.3 is 4.57 Å². The van der Waals surface area contributed by atoms with Gasteiger partial charge >= 0.3 is 6.18 Å².